The van der Waals surface area contributed by atoms with Gasteiger partial charge in [0, 0.05) is 18.4 Å². The lowest BCUT2D eigenvalue weighted by atomic mass is 9.93. The van der Waals surface area contributed by atoms with Crippen molar-refractivity contribution in [2.24, 2.45) is 0 Å². The highest BCUT2D eigenvalue weighted by atomic mass is 16.5. The lowest BCUT2D eigenvalue weighted by molar-refractivity contribution is -0.127. The van der Waals surface area contributed by atoms with Gasteiger partial charge in [-0.3, -0.25) is 9.59 Å². The third-order valence-corrected chi connectivity index (χ3v) is 4.89. The summed E-state index contributed by atoms with van der Waals surface area (Å²) in [5, 5.41) is 0. The third-order valence-electron chi connectivity index (χ3n) is 4.89. The SMILES string of the molecule is COC1CC=C2OCCN(Cc3c(C)cc(C)[nH]c3=O)C(=O)C2=C1C. The molecule has 0 aromatic carbocycles. The smallest absolute Gasteiger partial charge is 0.258 e. The summed E-state index contributed by atoms with van der Waals surface area (Å²) in [7, 11) is 1.64. The number of hydrogen-bond donors (Lipinski definition) is 1. The maximum absolute atomic E-state index is 13.1. The molecule has 0 bridgehead atoms. The van der Waals surface area contributed by atoms with E-state index in [-0.39, 0.29) is 24.1 Å². The topological polar surface area (TPSA) is 71.6 Å². The molecule has 1 atom stereocenters. The minimum absolute atomic E-state index is 0.109. The second kappa shape index (κ2) is 6.88. The molecule has 0 radical (unpaired) electrons. The monoisotopic (exact) mass is 344 g/mol. The van der Waals surface area contributed by atoms with Gasteiger partial charge in [0.1, 0.15) is 12.4 Å². The highest BCUT2D eigenvalue weighted by molar-refractivity contribution is 5.98. The molecule has 1 aromatic rings. The predicted octanol–water partition coefficient (Wildman–Crippen LogP) is 1.97. The van der Waals surface area contributed by atoms with Gasteiger partial charge in [-0.15, -0.1) is 0 Å². The molecule has 6 nitrogen and oxygen atoms in total. The zero-order valence-electron chi connectivity index (χ0n) is 15.1. The van der Waals surface area contributed by atoms with Gasteiger partial charge in [0.2, 0.25) is 0 Å². The summed E-state index contributed by atoms with van der Waals surface area (Å²) < 4.78 is 11.3. The van der Waals surface area contributed by atoms with Gasteiger partial charge in [-0.25, -0.2) is 0 Å². The van der Waals surface area contributed by atoms with Crippen molar-refractivity contribution in [1.82, 2.24) is 9.88 Å². The van der Waals surface area contributed by atoms with Crippen molar-refractivity contribution in [3.05, 3.63) is 56.2 Å². The van der Waals surface area contributed by atoms with Crippen molar-refractivity contribution in [1.29, 1.82) is 0 Å². The maximum atomic E-state index is 13.1. The molecular formula is C19H24N2O4. The summed E-state index contributed by atoms with van der Waals surface area (Å²) in [4.78, 5) is 29.9. The van der Waals surface area contributed by atoms with Crippen LogP contribution in [0.2, 0.25) is 0 Å². The van der Waals surface area contributed by atoms with Crippen molar-refractivity contribution < 1.29 is 14.3 Å². The van der Waals surface area contributed by atoms with E-state index in [2.05, 4.69) is 4.98 Å². The van der Waals surface area contributed by atoms with Gasteiger partial charge in [0.15, 0.2) is 0 Å². The molecule has 0 spiro atoms. The number of fused-ring (bicyclic) bond motifs is 1. The highest BCUT2D eigenvalue weighted by Crippen LogP contribution is 2.31. The van der Waals surface area contributed by atoms with Gasteiger partial charge in [-0.1, -0.05) is 0 Å². The number of aromatic amines is 1. The lowest BCUT2D eigenvalue weighted by Gasteiger charge is -2.26. The number of nitrogens with zero attached hydrogens (tertiary/aromatic N) is 1. The molecular weight excluding hydrogens is 320 g/mol. The molecule has 2 heterocycles. The van der Waals surface area contributed by atoms with Gasteiger partial charge in [-0.05, 0) is 50.5 Å². The molecule has 1 fully saturated rings. The average Bonchev–Trinajstić information content (AvgIpc) is 2.71. The first-order valence-electron chi connectivity index (χ1n) is 8.48. The number of carbonyl (C=O) groups excluding carboxylic acids is 1. The Morgan fingerprint density at radius 3 is 2.76 bits per heavy atom. The van der Waals surface area contributed by atoms with E-state index in [4.69, 9.17) is 9.47 Å². The third kappa shape index (κ3) is 3.26. The number of hydrogen-bond acceptors (Lipinski definition) is 4. The number of aryl methyl sites for hydroxylation is 2. The number of aromatic nitrogens is 1. The predicted molar refractivity (Wildman–Crippen MR) is 94.1 cm³/mol. The van der Waals surface area contributed by atoms with Crippen LogP contribution in [0.25, 0.3) is 0 Å². The van der Waals surface area contributed by atoms with Crippen LogP contribution < -0.4 is 5.56 Å². The minimum atomic E-state index is -0.143. The van der Waals surface area contributed by atoms with Crippen LogP contribution >= 0.6 is 0 Å². The van der Waals surface area contributed by atoms with Crippen molar-refractivity contribution >= 4 is 5.91 Å². The number of ether oxygens (including phenoxy) is 2. The largest absolute Gasteiger partial charge is 0.491 e. The summed E-state index contributed by atoms with van der Waals surface area (Å²) in [6, 6.07) is 1.92. The van der Waals surface area contributed by atoms with Crippen molar-refractivity contribution in [3.63, 3.8) is 0 Å². The Kier molecular flexibility index (Phi) is 4.81. The molecule has 3 rings (SSSR count). The Balaban J connectivity index is 1.95. The van der Waals surface area contributed by atoms with E-state index < -0.39 is 0 Å². The van der Waals surface area contributed by atoms with E-state index >= 15 is 0 Å². The standard InChI is InChI=1S/C19H24N2O4/c1-11-9-12(2)20-18(22)14(11)10-21-7-8-25-16-6-5-15(24-4)13(3)17(16)19(21)23/h6,9,15H,5,7-8,10H2,1-4H3,(H,20,22). The average molecular weight is 344 g/mol. The number of carbonyl (C=O) groups is 1. The van der Waals surface area contributed by atoms with Crippen LogP contribution in [0.15, 0.2) is 33.8 Å². The number of rotatable bonds is 3. The van der Waals surface area contributed by atoms with Gasteiger partial charge in [-0.2, -0.15) is 0 Å². The van der Waals surface area contributed by atoms with Crippen molar-refractivity contribution in [3.8, 4) is 0 Å². The summed E-state index contributed by atoms with van der Waals surface area (Å²) in [5.74, 6) is 0.523. The van der Waals surface area contributed by atoms with Crippen LogP contribution in [-0.2, 0) is 20.8 Å². The van der Waals surface area contributed by atoms with E-state index in [1.807, 2.05) is 32.9 Å². The first-order valence-corrected chi connectivity index (χ1v) is 8.48. The molecule has 1 aliphatic carbocycles. The molecule has 1 unspecified atom stereocenters. The fraction of sp³-hybridized carbons (Fsp3) is 0.474. The molecule has 25 heavy (non-hydrogen) atoms. The summed E-state index contributed by atoms with van der Waals surface area (Å²) in [5.41, 5.74) is 3.62. The molecule has 1 N–H and O–H groups in total. The molecule has 1 aromatic heterocycles. The van der Waals surface area contributed by atoms with Gasteiger partial charge in [0.05, 0.1) is 24.8 Å². The quantitative estimate of drug-likeness (QED) is 0.910. The van der Waals surface area contributed by atoms with Crippen LogP contribution in [0.3, 0.4) is 0 Å². The molecule has 1 aliphatic heterocycles. The molecule has 6 heteroatoms. The number of methoxy groups -OCH3 is 1. The van der Waals surface area contributed by atoms with Gasteiger partial charge >= 0.3 is 0 Å². The Morgan fingerprint density at radius 1 is 1.32 bits per heavy atom. The van der Waals surface area contributed by atoms with Crippen molar-refractivity contribution in [2.75, 3.05) is 20.3 Å². The van der Waals surface area contributed by atoms with Crippen LogP contribution in [0.1, 0.15) is 30.2 Å². The van der Waals surface area contributed by atoms with Crippen molar-refractivity contribution in [2.45, 2.75) is 39.8 Å². The number of amides is 1. The molecule has 134 valence electrons. The van der Waals surface area contributed by atoms with Gasteiger partial charge < -0.3 is 19.4 Å². The first kappa shape index (κ1) is 17.5. The first-order chi connectivity index (χ1) is 11.9. The second-order valence-corrected chi connectivity index (χ2v) is 6.60. The second-order valence-electron chi connectivity index (χ2n) is 6.60. The molecule has 1 amide bonds. The summed E-state index contributed by atoms with van der Waals surface area (Å²) >= 11 is 0. The van der Waals surface area contributed by atoms with E-state index in [1.54, 1.807) is 12.0 Å². The van der Waals surface area contributed by atoms with E-state index in [1.165, 1.54) is 0 Å². The minimum Gasteiger partial charge on any atom is -0.491 e. The summed E-state index contributed by atoms with van der Waals surface area (Å²) in [6.07, 6.45) is 2.50. The number of H-pyrrole nitrogens is 1. The lowest BCUT2D eigenvalue weighted by Crippen LogP contribution is -2.36. The van der Waals surface area contributed by atoms with Crippen LogP contribution in [0.5, 0.6) is 0 Å². The molecule has 1 saturated heterocycles. The van der Waals surface area contributed by atoms with Gasteiger partial charge in [0.25, 0.3) is 11.5 Å². The fourth-order valence-corrected chi connectivity index (χ4v) is 3.47. The number of pyridine rings is 1. The van der Waals surface area contributed by atoms with E-state index in [9.17, 15) is 9.59 Å². The Hall–Kier alpha value is -2.34. The number of nitrogens with one attached hydrogen (secondary N) is 1. The Morgan fingerprint density at radius 2 is 2.08 bits per heavy atom. The summed E-state index contributed by atoms with van der Waals surface area (Å²) in [6.45, 7) is 6.78. The zero-order valence-corrected chi connectivity index (χ0v) is 15.1. The van der Waals surface area contributed by atoms with Crippen LogP contribution in [-0.4, -0.2) is 42.2 Å². The Labute approximate surface area is 147 Å². The molecule has 2 aliphatic rings. The normalized spacial score (nSPS) is 20.8. The fourth-order valence-electron chi connectivity index (χ4n) is 3.47. The maximum Gasteiger partial charge on any atom is 0.258 e. The molecule has 0 saturated carbocycles. The van der Waals surface area contributed by atoms with Crippen LogP contribution in [0.4, 0.5) is 0 Å². The van der Waals surface area contributed by atoms with E-state index in [0.717, 1.165) is 16.8 Å². The van der Waals surface area contributed by atoms with Crippen LogP contribution in [0, 0.1) is 13.8 Å². The highest BCUT2D eigenvalue weighted by Gasteiger charge is 2.33. The Bertz CT molecular complexity index is 819. The zero-order chi connectivity index (χ0) is 18.1. The van der Waals surface area contributed by atoms with E-state index in [0.29, 0.717) is 36.5 Å².